The Morgan fingerprint density at radius 2 is 2.26 bits per heavy atom. The molecule has 1 aromatic heterocycles. The second-order valence-corrected chi connectivity index (χ2v) is 5.03. The number of rotatable bonds is 5. The fourth-order valence-corrected chi connectivity index (χ4v) is 2.16. The third kappa shape index (κ3) is 2.33. The van der Waals surface area contributed by atoms with Crippen LogP contribution < -0.4 is 10.5 Å². The van der Waals surface area contributed by atoms with Crippen LogP contribution in [0, 0.1) is 0 Å². The molecular formula is C14H17N3O2. The highest BCUT2D eigenvalue weighted by molar-refractivity contribution is 5.30. The Balaban J connectivity index is 1.76. The maximum Gasteiger partial charge on any atom is 0.234 e. The molecule has 0 radical (unpaired) electrons. The zero-order valence-corrected chi connectivity index (χ0v) is 10.9. The van der Waals surface area contributed by atoms with Gasteiger partial charge in [-0.05, 0) is 30.5 Å². The van der Waals surface area contributed by atoms with Crippen molar-refractivity contribution in [3.63, 3.8) is 0 Å². The predicted octanol–water partition coefficient (Wildman–Crippen LogP) is 1.66. The fraction of sp³-hybridized carbons (Fsp3) is 0.429. The monoisotopic (exact) mass is 259 g/mol. The van der Waals surface area contributed by atoms with Gasteiger partial charge in [-0.3, -0.25) is 0 Å². The van der Waals surface area contributed by atoms with Crippen LogP contribution in [-0.2, 0) is 11.8 Å². The second kappa shape index (κ2) is 4.66. The van der Waals surface area contributed by atoms with E-state index < -0.39 is 0 Å². The number of ether oxygens (including phenoxy) is 1. The van der Waals surface area contributed by atoms with Gasteiger partial charge in [-0.1, -0.05) is 17.3 Å². The molecule has 1 aromatic carbocycles. The summed E-state index contributed by atoms with van der Waals surface area (Å²) < 4.78 is 10.5. The molecule has 1 fully saturated rings. The summed E-state index contributed by atoms with van der Waals surface area (Å²) in [6, 6.07) is 7.87. The molecule has 19 heavy (non-hydrogen) atoms. The molecule has 3 rings (SSSR count). The Kier molecular flexibility index (Phi) is 2.98. The quantitative estimate of drug-likeness (QED) is 0.884. The van der Waals surface area contributed by atoms with Gasteiger partial charge in [0, 0.05) is 13.0 Å². The zero-order valence-electron chi connectivity index (χ0n) is 10.9. The Morgan fingerprint density at radius 3 is 2.95 bits per heavy atom. The molecule has 2 aromatic rings. The number of nitrogens with two attached hydrogens (primary N) is 1. The predicted molar refractivity (Wildman–Crippen MR) is 70.1 cm³/mol. The molecule has 0 amide bonds. The summed E-state index contributed by atoms with van der Waals surface area (Å²) in [5.74, 6) is 2.22. The number of hydrogen-bond acceptors (Lipinski definition) is 5. The normalized spacial score (nSPS) is 16.3. The van der Waals surface area contributed by atoms with E-state index in [1.807, 2.05) is 24.3 Å². The number of hydrogen-bond donors (Lipinski definition) is 1. The minimum Gasteiger partial charge on any atom is -0.497 e. The first kappa shape index (κ1) is 12.2. The average molecular weight is 259 g/mol. The lowest BCUT2D eigenvalue weighted by Crippen LogP contribution is -2.20. The van der Waals surface area contributed by atoms with E-state index in [0.717, 1.165) is 24.2 Å². The van der Waals surface area contributed by atoms with Crippen LogP contribution in [0.15, 0.2) is 28.8 Å². The van der Waals surface area contributed by atoms with Crippen molar-refractivity contribution in [1.82, 2.24) is 10.1 Å². The van der Waals surface area contributed by atoms with Gasteiger partial charge in [0.15, 0.2) is 5.82 Å². The minimum atomic E-state index is -0.0420. The molecule has 1 aliphatic rings. The summed E-state index contributed by atoms with van der Waals surface area (Å²) in [6.07, 6.45) is 2.73. The highest BCUT2D eigenvalue weighted by Crippen LogP contribution is 2.46. The van der Waals surface area contributed by atoms with Gasteiger partial charge in [0.05, 0.1) is 12.5 Å². The highest BCUT2D eigenvalue weighted by Gasteiger charge is 2.48. The maximum absolute atomic E-state index is 5.76. The fourth-order valence-electron chi connectivity index (χ4n) is 2.16. The van der Waals surface area contributed by atoms with Gasteiger partial charge in [-0.25, -0.2) is 0 Å². The first-order valence-corrected chi connectivity index (χ1v) is 6.42. The SMILES string of the molecule is COc1cccc(Cc2noc(C3(CN)CC3)n2)c1. The van der Waals surface area contributed by atoms with Crippen LogP contribution in [-0.4, -0.2) is 23.8 Å². The van der Waals surface area contributed by atoms with Crippen molar-refractivity contribution >= 4 is 0 Å². The molecule has 5 nitrogen and oxygen atoms in total. The van der Waals surface area contributed by atoms with Crippen molar-refractivity contribution in [2.75, 3.05) is 13.7 Å². The van der Waals surface area contributed by atoms with E-state index in [4.69, 9.17) is 15.0 Å². The Morgan fingerprint density at radius 1 is 1.42 bits per heavy atom. The molecule has 0 bridgehead atoms. The lowest BCUT2D eigenvalue weighted by atomic mass is 10.1. The van der Waals surface area contributed by atoms with Crippen LogP contribution in [0.4, 0.5) is 0 Å². The standard InChI is InChI=1S/C14H17N3O2/c1-18-11-4-2-3-10(7-11)8-12-16-13(19-17-12)14(9-15)5-6-14/h2-4,7H,5-6,8-9,15H2,1H3. The molecule has 2 N–H and O–H groups in total. The van der Waals surface area contributed by atoms with Crippen molar-refractivity contribution < 1.29 is 9.26 Å². The summed E-state index contributed by atoms with van der Waals surface area (Å²) in [7, 11) is 1.66. The summed E-state index contributed by atoms with van der Waals surface area (Å²) in [4.78, 5) is 4.47. The lowest BCUT2D eigenvalue weighted by molar-refractivity contribution is 0.344. The molecule has 1 heterocycles. The molecular weight excluding hydrogens is 242 g/mol. The first-order valence-electron chi connectivity index (χ1n) is 6.42. The largest absolute Gasteiger partial charge is 0.497 e. The van der Waals surface area contributed by atoms with Gasteiger partial charge in [0.2, 0.25) is 5.89 Å². The van der Waals surface area contributed by atoms with Crippen molar-refractivity contribution in [2.24, 2.45) is 5.73 Å². The van der Waals surface area contributed by atoms with Crippen LogP contribution in [0.1, 0.15) is 30.1 Å². The van der Waals surface area contributed by atoms with E-state index in [-0.39, 0.29) is 5.41 Å². The zero-order chi connectivity index (χ0) is 13.3. The lowest BCUT2D eigenvalue weighted by Gasteiger charge is -2.03. The van der Waals surface area contributed by atoms with E-state index in [2.05, 4.69) is 10.1 Å². The molecule has 0 atom stereocenters. The van der Waals surface area contributed by atoms with E-state index >= 15 is 0 Å². The topological polar surface area (TPSA) is 74.2 Å². The Bertz CT molecular complexity index is 576. The molecule has 1 aliphatic carbocycles. The van der Waals surface area contributed by atoms with Crippen LogP contribution in [0.3, 0.4) is 0 Å². The summed E-state index contributed by atoms with van der Waals surface area (Å²) in [5, 5.41) is 4.04. The van der Waals surface area contributed by atoms with Crippen LogP contribution in [0.25, 0.3) is 0 Å². The molecule has 5 heteroatoms. The summed E-state index contributed by atoms with van der Waals surface area (Å²) >= 11 is 0. The third-order valence-corrected chi connectivity index (χ3v) is 3.66. The van der Waals surface area contributed by atoms with Gasteiger partial charge in [0.1, 0.15) is 5.75 Å². The van der Waals surface area contributed by atoms with Gasteiger partial charge >= 0.3 is 0 Å². The van der Waals surface area contributed by atoms with Gasteiger partial charge < -0.3 is 15.0 Å². The molecule has 1 saturated carbocycles. The van der Waals surface area contributed by atoms with Crippen molar-refractivity contribution in [2.45, 2.75) is 24.7 Å². The molecule has 0 saturated heterocycles. The summed E-state index contributed by atoms with van der Waals surface area (Å²) in [6.45, 7) is 0.577. The third-order valence-electron chi connectivity index (χ3n) is 3.66. The molecule has 100 valence electrons. The van der Waals surface area contributed by atoms with Crippen molar-refractivity contribution in [3.05, 3.63) is 41.5 Å². The first-order chi connectivity index (χ1) is 9.25. The molecule has 0 spiro atoms. The molecule has 0 unspecified atom stereocenters. The minimum absolute atomic E-state index is 0.0420. The smallest absolute Gasteiger partial charge is 0.234 e. The summed E-state index contributed by atoms with van der Waals surface area (Å²) in [5.41, 5.74) is 6.82. The van der Waals surface area contributed by atoms with Crippen LogP contribution in [0.5, 0.6) is 5.75 Å². The van der Waals surface area contributed by atoms with Gasteiger partial charge in [-0.15, -0.1) is 0 Å². The number of aromatic nitrogens is 2. The second-order valence-electron chi connectivity index (χ2n) is 5.03. The number of methoxy groups -OCH3 is 1. The van der Waals surface area contributed by atoms with Crippen molar-refractivity contribution in [3.8, 4) is 5.75 Å². The van der Waals surface area contributed by atoms with Gasteiger partial charge in [0.25, 0.3) is 0 Å². The average Bonchev–Trinajstić information content (AvgIpc) is 3.12. The number of nitrogens with zero attached hydrogens (tertiary/aromatic N) is 2. The Labute approximate surface area is 111 Å². The number of benzene rings is 1. The van der Waals surface area contributed by atoms with E-state index in [1.54, 1.807) is 7.11 Å². The van der Waals surface area contributed by atoms with E-state index in [9.17, 15) is 0 Å². The van der Waals surface area contributed by atoms with Gasteiger partial charge in [-0.2, -0.15) is 4.98 Å². The molecule has 0 aliphatic heterocycles. The van der Waals surface area contributed by atoms with Crippen molar-refractivity contribution in [1.29, 1.82) is 0 Å². The van der Waals surface area contributed by atoms with E-state index in [0.29, 0.717) is 24.7 Å². The van der Waals surface area contributed by atoms with Crippen LogP contribution >= 0.6 is 0 Å². The maximum atomic E-state index is 5.76. The van der Waals surface area contributed by atoms with E-state index in [1.165, 1.54) is 0 Å². The highest BCUT2D eigenvalue weighted by atomic mass is 16.5. The Hall–Kier alpha value is -1.88. The van der Waals surface area contributed by atoms with Crippen LogP contribution in [0.2, 0.25) is 0 Å².